The normalized spacial score (nSPS) is 27.7. The summed E-state index contributed by atoms with van der Waals surface area (Å²) < 4.78 is 5.46. The number of hydrogen-bond donors (Lipinski definition) is 1. The molecule has 0 aromatic rings. The average molecular weight is 263 g/mol. The van der Waals surface area contributed by atoms with Gasteiger partial charge in [-0.25, -0.2) is 9.98 Å². The largest absolute Gasteiger partial charge is 0.481 e. The Morgan fingerprint density at radius 1 is 1.26 bits per heavy atom. The van der Waals surface area contributed by atoms with Crippen molar-refractivity contribution in [2.24, 2.45) is 9.98 Å². The zero-order chi connectivity index (χ0) is 13.4. The molecule has 3 rings (SSSR count). The lowest BCUT2D eigenvalue weighted by molar-refractivity contribution is 0.181. The van der Waals surface area contributed by atoms with Gasteiger partial charge in [0.15, 0.2) is 6.17 Å². The van der Waals surface area contributed by atoms with Crippen molar-refractivity contribution in [1.29, 1.82) is 0 Å². The summed E-state index contributed by atoms with van der Waals surface area (Å²) in [5, 5.41) is 1.97. The number of likely N-dealkylation sites (N-methyl/N-ethyl adjacent to an activating group) is 1. The second kappa shape index (κ2) is 4.85. The number of fused-ring (bicyclic) bond motifs is 1. The van der Waals surface area contributed by atoms with E-state index in [9.17, 15) is 0 Å². The number of likely N-dealkylation sites (tertiary alicyclic amines) is 1. The Morgan fingerprint density at radius 3 is 2.68 bits per heavy atom. The molecule has 1 N–H and O–H groups in total. The summed E-state index contributed by atoms with van der Waals surface area (Å²) in [5.41, 5.74) is 4.28. The van der Waals surface area contributed by atoms with Crippen LogP contribution in [-0.4, -0.2) is 55.0 Å². The fourth-order valence-electron chi connectivity index (χ4n) is 2.88. The first-order valence-corrected chi connectivity index (χ1v) is 6.87. The molecule has 0 amide bonds. The van der Waals surface area contributed by atoms with Gasteiger partial charge in [0, 0.05) is 20.1 Å². The number of nitrogens with zero attached hydrogens (tertiary/aromatic N) is 4. The number of aliphatic imine (C=N–C) groups is 2. The van der Waals surface area contributed by atoms with Gasteiger partial charge in [0.25, 0.3) is 0 Å². The molecule has 0 radical (unpaired) electrons. The highest BCUT2D eigenvalue weighted by Gasteiger charge is 2.38. The highest BCUT2D eigenvalue weighted by atomic mass is 16.5. The van der Waals surface area contributed by atoms with Crippen LogP contribution >= 0.6 is 0 Å². The van der Waals surface area contributed by atoms with E-state index in [0.717, 1.165) is 36.2 Å². The Labute approximate surface area is 113 Å². The maximum atomic E-state index is 5.46. The number of amidine groups is 2. The maximum Gasteiger partial charge on any atom is 0.212 e. The van der Waals surface area contributed by atoms with Crippen LogP contribution in [0.1, 0.15) is 26.2 Å². The number of hydrogen-bond acceptors (Lipinski definition) is 6. The van der Waals surface area contributed by atoms with E-state index in [0.29, 0.717) is 0 Å². The Bertz CT molecular complexity index is 462. The second-order valence-electron chi connectivity index (χ2n) is 5.20. The summed E-state index contributed by atoms with van der Waals surface area (Å²) in [6, 6.07) is 0. The van der Waals surface area contributed by atoms with Crippen molar-refractivity contribution >= 4 is 11.7 Å². The van der Waals surface area contributed by atoms with E-state index in [1.165, 1.54) is 19.3 Å². The van der Waals surface area contributed by atoms with Gasteiger partial charge in [0.1, 0.15) is 11.7 Å². The van der Waals surface area contributed by atoms with E-state index in [2.05, 4.69) is 20.3 Å². The first-order valence-electron chi connectivity index (χ1n) is 6.87. The van der Waals surface area contributed by atoms with Crippen molar-refractivity contribution in [3.05, 3.63) is 11.5 Å². The Morgan fingerprint density at radius 2 is 2.00 bits per heavy atom. The third-order valence-corrected chi connectivity index (χ3v) is 3.83. The van der Waals surface area contributed by atoms with E-state index in [4.69, 9.17) is 4.74 Å². The van der Waals surface area contributed by atoms with Crippen molar-refractivity contribution in [2.75, 3.05) is 27.2 Å². The summed E-state index contributed by atoms with van der Waals surface area (Å²) in [6.45, 7) is 4.10. The molecular weight excluding hydrogens is 242 g/mol. The van der Waals surface area contributed by atoms with E-state index >= 15 is 0 Å². The summed E-state index contributed by atoms with van der Waals surface area (Å²) in [4.78, 5) is 11.6. The van der Waals surface area contributed by atoms with Gasteiger partial charge in [-0.15, -0.1) is 0 Å². The monoisotopic (exact) mass is 263 g/mol. The van der Waals surface area contributed by atoms with E-state index in [1.807, 2.05) is 19.0 Å². The van der Waals surface area contributed by atoms with Crippen molar-refractivity contribution in [1.82, 2.24) is 15.3 Å². The average Bonchev–Trinajstić information content (AvgIpc) is 2.76. The summed E-state index contributed by atoms with van der Waals surface area (Å²) in [6.07, 6.45) is 3.76. The van der Waals surface area contributed by atoms with Gasteiger partial charge in [-0.3, -0.25) is 5.43 Å². The molecule has 3 aliphatic rings. The SMILES string of the molecule is COC1=C2C(N3CCCCC3)=NC(C)=NC2N(C)N1. The lowest BCUT2D eigenvalue weighted by Gasteiger charge is -2.33. The Balaban J connectivity index is 1.98. The fraction of sp³-hybridized carbons (Fsp3) is 0.692. The lowest BCUT2D eigenvalue weighted by Crippen LogP contribution is -2.43. The first kappa shape index (κ1) is 12.5. The van der Waals surface area contributed by atoms with Crippen LogP contribution in [0.25, 0.3) is 0 Å². The van der Waals surface area contributed by atoms with Crippen LogP contribution in [0.5, 0.6) is 0 Å². The smallest absolute Gasteiger partial charge is 0.212 e. The van der Waals surface area contributed by atoms with Crippen LogP contribution < -0.4 is 5.43 Å². The number of hydrazine groups is 1. The molecule has 0 spiro atoms. The van der Waals surface area contributed by atoms with Gasteiger partial charge >= 0.3 is 0 Å². The molecule has 1 atom stereocenters. The first-order chi connectivity index (χ1) is 9.20. The third kappa shape index (κ3) is 2.10. The van der Waals surface area contributed by atoms with Crippen molar-refractivity contribution in [3.8, 4) is 0 Å². The summed E-state index contributed by atoms with van der Waals surface area (Å²) >= 11 is 0. The van der Waals surface area contributed by atoms with Gasteiger partial charge in [-0.1, -0.05) is 0 Å². The Hall–Kier alpha value is -1.56. The fourth-order valence-corrected chi connectivity index (χ4v) is 2.88. The van der Waals surface area contributed by atoms with E-state index in [-0.39, 0.29) is 6.17 Å². The number of methoxy groups -OCH3 is 1. The minimum absolute atomic E-state index is 0.0237. The van der Waals surface area contributed by atoms with Crippen LogP contribution in [0, 0.1) is 0 Å². The molecule has 1 fully saturated rings. The second-order valence-corrected chi connectivity index (χ2v) is 5.20. The van der Waals surface area contributed by atoms with Crippen LogP contribution in [0.15, 0.2) is 21.4 Å². The Kier molecular flexibility index (Phi) is 3.18. The molecule has 0 saturated carbocycles. The third-order valence-electron chi connectivity index (χ3n) is 3.83. The topological polar surface area (TPSA) is 52.5 Å². The van der Waals surface area contributed by atoms with E-state index < -0.39 is 0 Å². The molecule has 3 heterocycles. The predicted octanol–water partition coefficient (Wildman–Crippen LogP) is 0.937. The summed E-state index contributed by atoms with van der Waals surface area (Å²) in [5.74, 6) is 2.64. The standard InChI is InChI=1S/C13H21N5O/c1-9-14-11-10(13(19-3)16-17(11)2)12(15-9)18-7-5-4-6-8-18/h11,16H,4-8H2,1-3H3. The number of rotatable bonds is 1. The van der Waals surface area contributed by atoms with Gasteiger partial charge < -0.3 is 9.64 Å². The zero-order valence-electron chi connectivity index (χ0n) is 11.8. The number of piperidine rings is 1. The lowest BCUT2D eigenvalue weighted by atomic mass is 10.1. The zero-order valence-corrected chi connectivity index (χ0v) is 11.8. The molecule has 0 bridgehead atoms. The molecule has 0 aliphatic carbocycles. The molecule has 1 saturated heterocycles. The molecule has 3 aliphatic heterocycles. The molecule has 0 aromatic heterocycles. The molecule has 104 valence electrons. The predicted molar refractivity (Wildman–Crippen MR) is 74.7 cm³/mol. The quantitative estimate of drug-likeness (QED) is 0.765. The number of ether oxygens (including phenoxy) is 1. The molecule has 19 heavy (non-hydrogen) atoms. The summed E-state index contributed by atoms with van der Waals surface area (Å²) in [7, 11) is 3.66. The van der Waals surface area contributed by atoms with Crippen LogP contribution in [0.3, 0.4) is 0 Å². The number of nitrogens with one attached hydrogen (secondary N) is 1. The van der Waals surface area contributed by atoms with E-state index in [1.54, 1.807) is 7.11 Å². The van der Waals surface area contributed by atoms with Crippen LogP contribution in [0.4, 0.5) is 0 Å². The van der Waals surface area contributed by atoms with Gasteiger partial charge in [-0.2, -0.15) is 5.01 Å². The van der Waals surface area contributed by atoms with Gasteiger partial charge in [0.2, 0.25) is 5.88 Å². The molecule has 6 nitrogen and oxygen atoms in total. The van der Waals surface area contributed by atoms with Crippen molar-refractivity contribution < 1.29 is 4.74 Å². The molecule has 6 heteroatoms. The minimum Gasteiger partial charge on any atom is -0.481 e. The van der Waals surface area contributed by atoms with Crippen molar-refractivity contribution in [3.63, 3.8) is 0 Å². The maximum absolute atomic E-state index is 5.46. The molecular formula is C13H21N5O. The minimum atomic E-state index is -0.0237. The van der Waals surface area contributed by atoms with Crippen LogP contribution in [-0.2, 0) is 4.74 Å². The van der Waals surface area contributed by atoms with Gasteiger partial charge in [-0.05, 0) is 26.2 Å². The van der Waals surface area contributed by atoms with Crippen molar-refractivity contribution in [2.45, 2.75) is 32.4 Å². The van der Waals surface area contributed by atoms with Gasteiger partial charge in [0.05, 0.1) is 12.7 Å². The highest BCUT2D eigenvalue weighted by molar-refractivity contribution is 6.09. The molecule has 0 aromatic carbocycles. The van der Waals surface area contributed by atoms with Crippen LogP contribution in [0.2, 0.25) is 0 Å². The molecule has 1 unspecified atom stereocenters. The highest BCUT2D eigenvalue weighted by Crippen LogP contribution is 2.28.